The molecule has 3 atom stereocenters. The topological polar surface area (TPSA) is 0 Å². The molecule has 0 N–H and O–H groups in total. The summed E-state index contributed by atoms with van der Waals surface area (Å²) in [4.78, 5) is 0. The van der Waals surface area contributed by atoms with Crippen molar-refractivity contribution in [3.63, 3.8) is 0 Å². The third kappa shape index (κ3) is 2.48. The van der Waals surface area contributed by atoms with Gasteiger partial charge in [-0.15, -0.1) is 11.6 Å². The van der Waals surface area contributed by atoms with Crippen LogP contribution in [0.4, 0.5) is 0 Å². The van der Waals surface area contributed by atoms with E-state index in [4.69, 9.17) is 23.2 Å². The lowest BCUT2D eigenvalue weighted by molar-refractivity contribution is 0.480. The van der Waals surface area contributed by atoms with Crippen LogP contribution in [0.3, 0.4) is 0 Å². The fraction of sp³-hybridized carbons (Fsp3) is 0.600. The number of hydrogen-bond acceptors (Lipinski definition) is 0. The first-order chi connectivity index (χ1) is 8.25. The summed E-state index contributed by atoms with van der Waals surface area (Å²) in [5.74, 6) is 2.65. The van der Waals surface area contributed by atoms with Crippen molar-refractivity contribution in [3.8, 4) is 0 Å². The van der Waals surface area contributed by atoms with Crippen molar-refractivity contribution in [2.45, 2.75) is 37.5 Å². The molecule has 2 aliphatic carbocycles. The molecule has 2 heteroatoms. The molecule has 0 nitrogen and oxygen atoms in total. The largest absolute Gasteiger partial charge is 0.122 e. The lowest BCUT2D eigenvalue weighted by Gasteiger charge is -2.09. The number of benzene rings is 1. The molecule has 0 amide bonds. The highest BCUT2D eigenvalue weighted by molar-refractivity contribution is 6.30. The Kier molecular flexibility index (Phi) is 3.36. The van der Waals surface area contributed by atoms with Crippen LogP contribution in [0.15, 0.2) is 24.3 Å². The summed E-state index contributed by atoms with van der Waals surface area (Å²) in [6.45, 7) is 0. The molecule has 1 aromatic carbocycles. The minimum absolute atomic E-state index is 0.307. The maximum absolute atomic E-state index is 6.60. The van der Waals surface area contributed by atoms with Gasteiger partial charge in [0.25, 0.3) is 0 Å². The minimum atomic E-state index is 0.307. The van der Waals surface area contributed by atoms with Gasteiger partial charge in [-0.05, 0) is 54.7 Å². The van der Waals surface area contributed by atoms with Crippen molar-refractivity contribution < 1.29 is 0 Å². The second kappa shape index (κ2) is 4.82. The van der Waals surface area contributed by atoms with E-state index < -0.39 is 0 Å². The van der Waals surface area contributed by atoms with Crippen LogP contribution in [0.25, 0.3) is 0 Å². The first-order valence-electron chi connectivity index (χ1n) is 6.64. The summed E-state index contributed by atoms with van der Waals surface area (Å²) < 4.78 is 0. The van der Waals surface area contributed by atoms with Gasteiger partial charge in [0.05, 0.1) is 0 Å². The molecule has 0 bridgehead atoms. The monoisotopic (exact) mass is 268 g/mol. The molecule has 0 aliphatic heterocycles. The van der Waals surface area contributed by atoms with Crippen LogP contribution >= 0.6 is 23.2 Å². The van der Waals surface area contributed by atoms with Gasteiger partial charge in [-0.25, -0.2) is 0 Å². The Balaban J connectivity index is 1.62. The summed E-state index contributed by atoms with van der Waals surface area (Å²) in [6.07, 6.45) is 6.62. The molecule has 92 valence electrons. The normalized spacial score (nSPS) is 32.9. The number of fused-ring (bicyclic) bond motifs is 1. The highest BCUT2D eigenvalue weighted by atomic mass is 35.5. The highest BCUT2D eigenvalue weighted by Crippen LogP contribution is 2.58. The van der Waals surface area contributed by atoms with Crippen LogP contribution < -0.4 is 0 Å². The van der Waals surface area contributed by atoms with E-state index in [-0.39, 0.29) is 0 Å². The molecule has 3 rings (SSSR count). The van der Waals surface area contributed by atoms with Crippen LogP contribution in [0.5, 0.6) is 0 Å². The Labute approximate surface area is 113 Å². The first-order valence-corrected chi connectivity index (χ1v) is 7.45. The summed E-state index contributed by atoms with van der Waals surface area (Å²) in [5, 5.41) is 1.13. The lowest BCUT2D eigenvalue weighted by Crippen LogP contribution is -2.08. The first kappa shape index (κ1) is 11.9. The fourth-order valence-corrected chi connectivity index (χ4v) is 4.37. The molecule has 0 heterocycles. The van der Waals surface area contributed by atoms with Crippen molar-refractivity contribution in [1.29, 1.82) is 0 Å². The molecule has 0 radical (unpaired) electrons. The van der Waals surface area contributed by atoms with Crippen LogP contribution in [-0.2, 0) is 6.42 Å². The van der Waals surface area contributed by atoms with Gasteiger partial charge >= 0.3 is 0 Å². The van der Waals surface area contributed by atoms with Gasteiger partial charge in [0.15, 0.2) is 0 Å². The van der Waals surface area contributed by atoms with E-state index in [0.29, 0.717) is 5.38 Å². The summed E-state index contributed by atoms with van der Waals surface area (Å²) in [6, 6.07) is 8.11. The quantitative estimate of drug-likeness (QED) is 0.683. The fourth-order valence-electron chi connectivity index (χ4n) is 3.61. The van der Waals surface area contributed by atoms with Gasteiger partial charge in [0, 0.05) is 10.4 Å². The molecule has 17 heavy (non-hydrogen) atoms. The zero-order chi connectivity index (χ0) is 11.8. The van der Waals surface area contributed by atoms with Crippen molar-refractivity contribution in [1.82, 2.24) is 0 Å². The van der Waals surface area contributed by atoms with Gasteiger partial charge in [-0.2, -0.15) is 0 Å². The molecular formula is C15H18Cl2. The van der Waals surface area contributed by atoms with E-state index in [1.165, 1.54) is 31.2 Å². The molecular weight excluding hydrogens is 251 g/mol. The maximum Gasteiger partial charge on any atom is 0.0410 e. The van der Waals surface area contributed by atoms with Crippen molar-refractivity contribution in [2.75, 3.05) is 0 Å². The summed E-state index contributed by atoms with van der Waals surface area (Å²) >= 11 is 12.6. The maximum atomic E-state index is 6.60. The number of alkyl halides is 1. The van der Waals surface area contributed by atoms with E-state index in [1.54, 1.807) is 0 Å². The number of rotatable bonds is 3. The lowest BCUT2D eigenvalue weighted by atomic mass is 10.0. The van der Waals surface area contributed by atoms with E-state index in [9.17, 15) is 0 Å². The van der Waals surface area contributed by atoms with Gasteiger partial charge in [0.1, 0.15) is 0 Å². The van der Waals surface area contributed by atoms with Crippen LogP contribution in [0, 0.1) is 17.8 Å². The smallest absolute Gasteiger partial charge is 0.0410 e. The standard InChI is InChI=1S/C15H18Cl2/c16-11-5-3-4-10(8-11)9-14(17)15-12-6-1-2-7-13(12)15/h3-5,8,12-15H,1-2,6-7,9H2. The Morgan fingerprint density at radius 3 is 2.53 bits per heavy atom. The highest BCUT2D eigenvalue weighted by Gasteiger charge is 2.53. The zero-order valence-corrected chi connectivity index (χ0v) is 11.4. The minimum Gasteiger partial charge on any atom is -0.122 e. The SMILES string of the molecule is Clc1cccc(CC(Cl)C2C3CCCCC32)c1. The molecule has 0 aromatic heterocycles. The molecule has 2 aliphatic rings. The van der Waals surface area contributed by atoms with E-state index >= 15 is 0 Å². The molecule has 0 spiro atoms. The van der Waals surface area contributed by atoms with Gasteiger partial charge in [0.2, 0.25) is 0 Å². The molecule has 3 unspecified atom stereocenters. The Hall–Kier alpha value is -0.200. The summed E-state index contributed by atoms with van der Waals surface area (Å²) in [5.41, 5.74) is 1.28. The average molecular weight is 269 g/mol. The summed E-state index contributed by atoms with van der Waals surface area (Å²) in [7, 11) is 0. The van der Waals surface area contributed by atoms with Gasteiger partial charge in [-0.1, -0.05) is 36.6 Å². The van der Waals surface area contributed by atoms with Crippen molar-refractivity contribution in [3.05, 3.63) is 34.9 Å². The van der Waals surface area contributed by atoms with Gasteiger partial charge in [-0.3, -0.25) is 0 Å². The van der Waals surface area contributed by atoms with E-state index in [0.717, 1.165) is 29.2 Å². The Bertz CT molecular complexity index is 390. The Morgan fingerprint density at radius 2 is 1.88 bits per heavy atom. The third-order valence-corrected chi connectivity index (χ3v) is 5.14. The second-order valence-corrected chi connectivity index (χ2v) is 6.54. The molecule has 2 saturated carbocycles. The zero-order valence-electron chi connectivity index (χ0n) is 9.91. The van der Waals surface area contributed by atoms with E-state index in [2.05, 4.69) is 6.07 Å². The molecule has 1 aromatic rings. The van der Waals surface area contributed by atoms with Crippen LogP contribution in [0.1, 0.15) is 31.2 Å². The molecule has 0 saturated heterocycles. The third-order valence-electron chi connectivity index (χ3n) is 4.46. The Morgan fingerprint density at radius 1 is 1.18 bits per heavy atom. The van der Waals surface area contributed by atoms with Crippen molar-refractivity contribution in [2.24, 2.45) is 17.8 Å². The second-order valence-electron chi connectivity index (χ2n) is 5.54. The predicted octanol–water partition coefficient (Wildman–Crippen LogP) is 4.93. The van der Waals surface area contributed by atoms with E-state index in [1.807, 2.05) is 18.2 Å². The average Bonchev–Trinajstić information content (AvgIpc) is 3.03. The van der Waals surface area contributed by atoms with Crippen LogP contribution in [-0.4, -0.2) is 5.38 Å². The number of halogens is 2. The number of hydrogen-bond donors (Lipinski definition) is 0. The van der Waals surface area contributed by atoms with Gasteiger partial charge < -0.3 is 0 Å². The predicted molar refractivity (Wildman–Crippen MR) is 73.7 cm³/mol. The molecule has 2 fully saturated rings. The van der Waals surface area contributed by atoms with Crippen LogP contribution in [0.2, 0.25) is 5.02 Å². The van der Waals surface area contributed by atoms with Crippen molar-refractivity contribution >= 4 is 23.2 Å².